The Morgan fingerprint density at radius 2 is 2.00 bits per heavy atom. The quantitative estimate of drug-likeness (QED) is 0.617. The Balaban J connectivity index is 1.64. The van der Waals surface area contributed by atoms with Crippen LogP contribution < -0.4 is 5.32 Å². The van der Waals surface area contributed by atoms with E-state index in [4.69, 9.17) is 9.73 Å². The number of nitrogens with zero attached hydrogens (tertiary/aromatic N) is 3. The molecule has 1 spiro atoms. The van der Waals surface area contributed by atoms with Gasteiger partial charge in [-0.1, -0.05) is 13.8 Å². The van der Waals surface area contributed by atoms with Gasteiger partial charge in [-0.2, -0.15) is 0 Å². The number of ether oxygens (including phenoxy) is 1. The topological polar surface area (TPSA) is 40.1 Å². The molecule has 138 valence electrons. The van der Waals surface area contributed by atoms with E-state index < -0.39 is 0 Å². The van der Waals surface area contributed by atoms with Crippen LogP contribution in [0, 0.1) is 11.3 Å². The Hall–Kier alpha value is -0.810. The normalized spacial score (nSPS) is 30.0. The van der Waals surface area contributed by atoms with Gasteiger partial charge in [0.2, 0.25) is 0 Å². The van der Waals surface area contributed by atoms with Gasteiger partial charge in [-0.3, -0.25) is 9.89 Å². The van der Waals surface area contributed by atoms with Crippen LogP contribution >= 0.6 is 0 Å². The smallest absolute Gasteiger partial charge is 0.193 e. The molecule has 3 saturated heterocycles. The van der Waals surface area contributed by atoms with Gasteiger partial charge in [0.1, 0.15) is 0 Å². The molecule has 0 saturated carbocycles. The highest BCUT2D eigenvalue weighted by Crippen LogP contribution is 2.38. The van der Waals surface area contributed by atoms with Gasteiger partial charge >= 0.3 is 0 Å². The lowest BCUT2D eigenvalue weighted by Crippen LogP contribution is -2.44. The molecule has 1 N–H and O–H groups in total. The van der Waals surface area contributed by atoms with Crippen LogP contribution in [0.4, 0.5) is 0 Å². The van der Waals surface area contributed by atoms with Gasteiger partial charge in [0.05, 0.1) is 13.2 Å². The molecule has 0 aromatic rings. The molecular formula is C19H36N4O. The molecule has 0 aliphatic carbocycles. The van der Waals surface area contributed by atoms with E-state index in [0.717, 1.165) is 45.4 Å². The molecule has 0 amide bonds. The summed E-state index contributed by atoms with van der Waals surface area (Å²) >= 11 is 0. The Kier molecular flexibility index (Phi) is 6.03. The van der Waals surface area contributed by atoms with E-state index in [-0.39, 0.29) is 0 Å². The van der Waals surface area contributed by atoms with Crippen molar-refractivity contribution in [3.8, 4) is 0 Å². The number of guanidine groups is 1. The Morgan fingerprint density at radius 1 is 1.21 bits per heavy atom. The highest BCUT2D eigenvalue weighted by atomic mass is 16.5. The van der Waals surface area contributed by atoms with E-state index in [1.54, 1.807) is 0 Å². The van der Waals surface area contributed by atoms with Gasteiger partial charge in [-0.25, -0.2) is 0 Å². The molecule has 3 aliphatic heterocycles. The summed E-state index contributed by atoms with van der Waals surface area (Å²) in [5, 5.41) is 3.53. The molecule has 3 heterocycles. The summed E-state index contributed by atoms with van der Waals surface area (Å²) in [6, 6.07) is 0.576. The Labute approximate surface area is 147 Å². The molecule has 0 radical (unpaired) electrons. The largest absolute Gasteiger partial charge is 0.381 e. The second-order valence-electron chi connectivity index (χ2n) is 8.22. The lowest BCUT2D eigenvalue weighted by atomic mass is 9.87. The van der Waals surface area contributed by atoms with Crippen molar-refractivity contribution >= 4 is 5.96 Å². The van der Waals surface area contributed by atoms with E-state index in [0.29, 0.717) is 17.4 Å². The summed E-state index contributed by atoms with van der Waals surface area (Å²) in [5.74, 6) is 1.77. The van der Waals surface area contributed by atoms with E-state index in [1.807, 2.05) is 0 Å². The van der Waals surface area contributed by atoms with Gasteiger partial charge in [0.15, 0.2) is 5.96 Å². The van der Waals surface area contributed by atoms with Crippen molar-refractivity contribution < 1.29 is 4.74 Å². The maximum absolute atomic E-state index is 5.67. The summed E-state index contributed by atoms with van der Waals surface area (Å²) in [6.45, 7) is 15.3. The molecule has 2 unspecified atom stereocenters. The molecule has 3 fully saturated rings. The van der Waals surface area contributed by atoms with Crippen LogP contribution in [0.15, 0.2) is 4.99 Å². The summed E-state index contributed by atoms with van der Waals surface area (Å²) in [6.07, 6.45) is 5.16. The Bertz CT molecular complexity index is 425. The Morgan fingerprint density at radius 3 is 2.62 bits per heavy atom. The molecule has 5 heteroatoms. The van der Waals surface area contributed by atoms with Crippen molar-refractivity contribution in [2.24, 2.45) is 16.3 Å². The first kappa shape index (κ1) is 18.0. The SMILES string of the molecule is CCNC(=NCC(C(C)C)N1CCCC1)N1CCC2(CCOC2)C1. The molecule has 0 aromatic carbocycles. The third kappa shape index (κ3) is 4.05. The van der Waals surface area contributed by atoms with Gasteiger partial charge < -0.3 is 15.0 Å². The number of nitrogens with one attached hydrogen (secondary N) is 1. The minimum absolute atomic E-state index is 0.391. The zero-order valence-corrected chi connectivity index (χ0v) is 15.9. The fourth-order valence-electron chi connectivity index (χ4n) is 4.51. The molecule has 5 nitrogen and oxygen atoms in total. The molecule has 2 atom stereocenters. The van der Waals surface area contributed by atoms with Crippen LogP contribution in [0.5, 0.6) is 0 Å². The zero-order chi connectivity index (χ0) is 17.0. The molecule has 0 bridgehead atoms. The van der Waals surface area contributed by atoms with E-state index in [9.17, 15) is 0 Å². The molecule has 0 aromatic heterocycles. The maximum Gasteiger partial charge on any atom is 0.193 e. The van der Waals surface area contributed by atoms with Crippen molar-refractivity contribution in [1.29, 1.82) is 0 Å². The number of rotatable bonds is 5. The number of hydrogen-bond acceptors (Lipinski definition) is 3. The van der Waals surface area contributed by atoms with Crippen LogP contribution in [0.1, 0.15) is 46.5 Å². The highest BCUT2D eigenvalue weighted by Gasteiger charge is 2.42. The lowest BCUT2D eigenvalue weighted by molar-refractivity contribution is 0.156. The van der Waals surface area contributed by atoms with Crippen molar-refractivity contribution in [2.45, 2.75) is 52.5 Å². The van der Waals surface area contributed by atoms with Crippen LogP contribution in [0.25, 0.3) is 0 Å². The minimum atomic E-state index is 0.391. The van der Waals surface area contributed by atoms with E-state index in [2.05, 4.69) is 35.9 Å². The average Bonchev–Trinajstić information content (AvgIpc) is 3.30. The van der Waals surface area contributed by atoms with Crippen molar-refractivity contribution in [1.82, 2.24) is 15.1 Å². The zero-order valence-electron chi connectivity index (χ0n) is 15.9. The predicted octanol–water partition coefficient (Wildman–Crippen LogP) is 2.18. The van der Waals surface area contributed by atoms with Crippen molar-refractivity contribution in [3.05, 3.63) is 0 Å². The predicted molar refractivity (Wildman–Crippen MR) is 99.5 cm³/mol. The standard InChI is InChI=1S/C19H36N4O/c1-4-20-18(23-11-7-19(14-23)8-12-24-15-19)21-13-17(16(2)3)22-9-5-6-10-22/h16-17H,4-15H2,1-3H3,(H,20,21). The number of aliphatic imine (C=N–C) groups is 1. The second kappa shape index (κ2) is 8.05. The fourth-order valence-corrected chi connectivity index (χ4v) is 4.51. The van der Waals surface area contributed by atoms with Crippen LogP contribution in [0.2, 0.25) is 0 Å². The molecular weight excluding hydrogens is 300 g/mol. The van der Waals surface area contributed by atoms with Gasteiger partial charge in [-0.05, 0) is 51.6 Å². The minimum Gasteiger partial charge on any atom is -0.381 e. The summed E-state index contributed by atoms with van der Waals surface area (Å²) < 4.78 is 5.67. The van der Waals surface area contributed by atoms with Crippen LogP contribution in [0.3, 0.4) is 0 Å². The summed E-state index contributed by atoms with van der Waals surface area (Å²) in [4.78, 5) is 10.2. The van der Waals surface area contributed by atoms with Crippen molar-refractivity contribution in [2.75, 3.05) is 52.5 Å². The lowest BCUT2D eigenvalue weighted by Gasteiger charge is -2.30. The third-order valence-electron chi connectivity index (χ3n) is 6.07. The molecule has 24 heavy (non-hydrogen) atoms. The first-order chi connectivity index (χ1) is 11.6. The first-order valence-electron chi connectivity index (χ1n) is 9.99. The number of hydrogen-bond donors (Lipinski definition) is 1. The van der Waals surface area contributed by atoms with Crippen LogP contribution in [-0.2, 0) is 4.74 Å². The maximum atomic E-state index is 5.67. The molecule has 3 aliphatic rings. The second-order valence-corrected chi connectivity index (χ2v) is 8.22. The fraction of sp³-hybridized carbons (Fsp3) is 0.947. The van der Waals surface area contributed by atoms with E-state index in [1.165, 1.54) is 38.8 Å². The highest BCUT2D eigenvalue weighted by molar-refractivity contribution is 5.80. The molecule has 3 rings (SSSR count). The van der Waals surface area contributed by atoms with E-state index >= 15 is 0 Å². The summed E-state index contributed by atoms with van der Waals surface area (Å²) in [7, 11) is 0. The van der Waals surface area contributed by atoms with Gasteiger partial charge in [-0.15, -0.1) is 0 Å². The monoisotopic (exact) mass is 336 g/mol. The first-order valence-corrected chi connectivity index (χ1v) is 9.99. The average molecular weight is 337 g/mol. The van der Waals surface area contributed by atoms with Gasteiger partial charge in [0, 0.05) is 37.7 Å². The van der Waals surface area contributed by atoms with Crippen LogP contribution in [-0.4, -0.2) is 74.3 Å². The van der Waals surface area contributed by atoms with Gasteiger partial charge in [0.25, 0.3) is 0 Å². The summed E-state index contributed by atoms with van der Waals surface area (Å²) in [5.41, 5.74) is 0.391. The third-order valence-corrected chi connectivity index (χ3v) is 6.07. The number of likely N-dealkylation sites (tertiary alicyclic amines) is 2. The van der Waals surface area contributed by atoms with Crippen molar-refractivity contribution in [3.63, 3.8) is 0 Å².